The van der Waals surface area contributed by atoms with Crippen molar-refractivity contribution in [2.75, 3.05) is 19.8 Å². The molecule has 3 radical (unpaired) electrons. The number of rotatable bonds is 8. The Balaban J connectivity index is 3.10. The van der Waals surface area contributed by atoms with E-state index in [1.54, 1.807) is 0 Å². The lowest BCUT2D eigenvalue weighted by molar-refractivity contribution is 0.171. The Labute approximate surface area is 126 Å². The topological polar surface area (TPSA) is 23.5 Å². The van der Waals surface area contributed by atoms with Crippen molar-refractivity contribution in [2.45, 2.75) is 39.7 Å². The molecule has 0 aliphatic heterocycles. The molecule has 1 rings (SSSR count). The van der Waals surface area contributed by atoms with Crippen LogP contribution in [0.3, 0.4) is 0 Å². The summed E-state index contributed by atoms with van der Waals surface area (Å²) in [7, 11) is 7.09. The van der Waals surface area contributed by atoms with E-state index in [1.807, 2.05) is 6.07 Å². The van der Waals surface area contributed by atoms with Gasteiger partial charge in [-0.2, -0.15) is 0 Å². The van der Waals surface area contributed by atoms with Gasteiger partial charge in [-0.25, -0.2) is 4.67 Å². The van der Waals surface area contributed by atoms with Crippen molar-refractivity contribution in [2.24, 2.45) is 5.92 Å². The van der Waals surface area contributed by atoms with E-state index in [0.29, 0.717) is 5.92 Å². The highest BCUT2D eigenvalue weighted by Crippen LogP contribution is 2.57. The van der Waals surface area contributed by atoms with Gasteiger partial charge in [-0.15, -0.1) is 7.29 Å². The molecule has 1 N–H and O–H groups in total. The van der Waals surface area contributed by atoms with Crippen LogP contribution in [0.4, 0.5) is 0 Å². The molecule has 0 aliphatic rings. The number of aliphatic hydroxyl groups is 1. The first-order valence-electron chi connectivity index (χ1n) is 7.53. The molecule has 2 nitrogen and oxygen atoms in total. The minimum absolute atomic E-state index is 0.116. The Morgan fingerprint density at radius 3 is 2.30 bits per heavy atom. The maximum Gasteiger partial charge on any atom is 0.0647 e. The number of hydrogen-bond acceptors (Lipinski definition) is 2. The van der Waals surface area contributed by atoms with Crippen molar-refractivity contribution < 1.29 is 5.11 Å². The Hall–Kier alpha value is -0.365. The summed E-state index contributed by atoms with van der Waals surface area (Å²) in [4.78, 5) is 0. The van der Waals surface area contributed by atoms with Gasteiger partial charge in [0.05, 0.1) is 18.0 Å². The van der Waals surface area contributed by atoms with Gasteiger partial charge in [-0.05, 0) is 24.5 Å². The molecule has 0 aliphatic carbocycles. The van der Waals surface area contributed by atoms with Crippen molar-refractivity contribution in [3.63, 3.8) is 0 Å². The minimum atomic E-state index is -1.88. The highest BCUT2D eigenvalue weighted by atomic mass is 31.2. The molecule has 1 aromatic carbocycles. The number of likely N-dealkylation sites (N-methyl/N-ethyl adjacent to an activating group) is 1. The van der Waals surface area contributed by atoms with Crippen LogP contribution in [-0.4, -0.2) is 43.2 Å². The number of benzene rings is 1. The molecular formula is C16H28BNOP. The van der Waals surface area contributed by atoms with Crippen LogP contribution < -0.4 is 5.30 Å². The van der Waals surface area contributed by atoms with Gasteiger partial charge in [-0.3, -0.25) is 7.57 Å². The van der Waals surface area contributed by atoms with Crippen LogP contribution in [0.15, 0.2) is 30.3 Å². The van der Waals surface area contributed by atoms with E-state index in [4.69, 9.17) is 7.57 Å². The second kappa shape index (κ2) is 8.17. The molecule has 0 spiro atoms. The van der Waals surface area contributed by atoms with E-state index in [0.717, 1.165) is 19.0 Å². The molecule has 111 valence electrons. The van der Waals surface area contributed by atoms with Crippen LogP contribution >= 0.6 is 7.29 Å². The first kappa shape index (κ1) is 17.7. The zero-order valence-electron chi connectivity index (χ0n) is 13.3. The summed E-state index contributed by atoms with van der Waals surface area (Å²) in [6, 6.07) is 10.5. The van der Waals surface area contributed by atoms with Crippen molar-refractivity contribution in [3.8, 4) is 0 Å². The monoisotopic (exact) mass is 292 g/mol. The molecule has 20 heavy (non-hydrogen) atoms. The van der Waals surface area contributed by atoms with Gasteiger partial charge in [0, 0.05) is 13.2 Å². The average Bonchev–Trinajstić information content (AvgIpc) is 2.45. The van der Waals surface area contributed by atoms with Crippen LogP contribution in [0.2, 0.25) is 0 Å². The zero-order valence-corrected chi connectivity index (χ0v) is 14.2. The lowest BCUT2D eigenvalue weighted by Gasteiger charge is -2.48. The minimum Gasteiger partial charge on any atom is -0.395 e. The molecule has 0 aromatic heterocycles. The molecule has 0 saturated heterocycles. The predicted molar refractivity (Wildman–Crippen MR) is 92.0 cm³/mol. The number of aliphatic hydroxyl groups excluding tert-OH is 1. The molecule has 0 saturated carbocycles. The van der Waals surface area contributed by atoms with E-state index >= 15 is 0 Å². The van der Waals surface area contributed by atoms with E-state index in [1.165, 1.54) is 5.30 Å². The molecule has 2 atom stereocenters. The number of hydrogen-bond donors (Lipinski definition) is 1. The molecule has 1 aromatic rings. The van der Waals surface area contributed by atoms with E-state index in [-0.39, 0.29) is 12.6 Å². The Morgan fingerprint density at radius 2 is 1.85 bits per heavy atom. The van der Waals surface area contributed by atoms with Crippen molar-refractivity contribution >= 4 is 20.2 Å². The van der Waals surface area contributed by atoms with Gasteiger partial charge in [0.1, 0.15) is 0 Å². The summed E-state index contributed by atoms with van der Waals surface area (Å²) in [6.45, 7) is 6.65. The summed E-state index contributed by atoms with van der Waals surface area (Å²) < 4.78 is 2.27. The smallest absolute Gasteiger partial charge is 0.0647 e. The van der Waals surface area contributed by atoms with Gasteiger partial charge >= 0.3 is 0 Å². The van der Waals surface area contributed by atoms with Gasteiger partial charge in [0.15, 0.2) is 0 Å². The van der Waals surface area contributed by atoms with Crippen LogP contribution in [0, 0.1) is 5.92 Å². The second-order valence-electron chi connectivity index (χ2n) is 5.81. The third-order valence-electron chi connectivity index (χ3n) is 4.06. The highest BCUT2D eigenvalue weighted by Gasteiger charge is 2.32. The first-order chi connectivity index (χ1) is 9.47. The predicted octanol–water partition coefficient (Wildman–Crippen LogP) is 3.08. The first-order valence-corrected chi connectivity index (χ1v) is 9.53. The molecule has 0 bridgehead atoms. The molecule has 4 heteroatoms. The third-order valence-corrected chi connectivity index (χ3v) is 7.67. The standard InChI is InChI=1S/C16H28BNOP/c1-5-6-12-20(17,15-10-8-7-9-11-15)18(4)16(13-19)14(2)3/h7-11,14,16,19H,5-6,12-13H2,1-4H3. The zero-order chi connectivity index (χ0) is 15.2. The fourth-order valence-corrected chi connectivity index (χ4v) is 5.87. The van der Waals surface area contributed by atoms with Crippen molar-refractivity contribution in [3.05, 3.63) is 30.3 Å². The summed E-state index contributed by atoms with van der Waals surface area (Å²) in [5.41, 5.74) is 0. The largest absolute Gasteiger partial charge is 0.395 e. The van der Waals surface area contributed by atoms with Crippen LogP contribution in [0.5, 0.6) is 0 Å². The van der Waals surface area contributed by atoms with Crippen molar-refractivity contribution in [1.29, 1.82) is 0 Å². The van der Waals surface area contributed by atoms with Crippen LogP contribution in [-0.2, 0) is 0 Å². The maximum absolute atomic E-state index is 9.72. The van der Waals surface area contributed by atoms with Gasteiger partial charge in [-0.1, -0.05) is 45.4 Å². The van der Waals surface area contributed by atoms with E-state index in [2.05, 4.69) is 56.8 Å². The molecule has 2 unspecified atom stereocenters. The molecule has 0 fully saturated rings. The van der Waals surface area contributed by atoms with E-state index < -0.39 is 7.29 Å². The maximum atomic E-state index is 9.72. The lowest BCUT2D eigenvalue weighted by Crippen LogP contribution is -2.42. The van der Waals surface area contributed by atoms with Gasteiger partial charge in [0.2, 0.25) is 0 Å². The summed E-state index contributed by atoms with van der Waals surface area (Å²) in [5.74, 6) is 0.387. The Bertz CT molecular complexity index is 387. The average molecular weight is 292 g/mol. The fraction of sp³-hybridized carbons (Fsp3) is 0.625. The Morgan fingerprint density at radius 1 is 1.25 bits per heavy atom. The third kappa shape index (κ3) is 4.07. The van der Waals surface area contributed by atoms with Crippen LogP contribution in [0.25, 0.3) is 0 Å². The fourth-order valence-electron chi connectivity index (χ4n) is 2.58. The Kier molecular flexibility index (Phi) is 7.22. The quantitative estimate of drug-likeness (QED) is 0.588. The molecule has 0 heterocycles. The number of nitrogens with zero attached hydrogens (tertiary/aromatic N) is 1. The highest BCUT2D eigenvalue weighted by molar-refractivity contribution is 8.01. The molecule has 0 amide bonds. The SMILES string of the molecule is [B-][P+](CCCC)(c1ccccc1)N(C)C(CO)C(C)C. The normalized spacial score (nSPS) is 16.4. The van der Waals surface area contributed by atoms with Gasteiger partial charge in [0.25, 0.3) is 0 Å². The van der Waals surface area contributed by atoms with E-state index in [9.17, 15) is 5.11 Å². The summed E-state index contributed by atoms with van der Waals surface area (Å²) in [6.07, 6.45) is 3.28. The summed E-state index contributed by atoms with van der Waals surface area (Å²) >= 11 is 0. The lowest BCUT2D eigenvalue weighted by atomic mass is 10.1. The summed E-state index contributed by atoms with van der Waals surface area (Å²) in [5, 5.41) is 11.0. The number of unbranched alkanes of at least 4 members (excludes halogenated alkanes) is 1. The van der Waals surface area contributed by atoms with Gasteiger partial charge < -0.3 is 5.11 Å². The van der Waals surface area contributed by atoms with Crippen LogP contribution in [0.1, 0.15) is 33.6 Å². The molecular weight excluding hydrogens is 264 g/mol. The van der Waals surface area contributed by atoms with Crippen molar-refractivity contribution in [1.82, 2.24) is 4.67 Å². The second-order valence-corrected chi connectivity index (χ2v) is 9.05.